The minimum Gasteiger partial charge on any atom is -0.481 e. The number of methoxy groups -OCH3 is 1. The van der Waals surface area contributed by atoms with E-state index in [0.717, 1.165) is 36.2 Å². The summed E-state index contributed by atoms with van der Waals surface area (Å²) in [5.74, 6) is 0.414. The molecule has 0 atom stereocenters. The SMILES string of the molecule is COc1ccc(NC(=O)c2cccc3c2CCCN3)cn1. The van der Waals surface area contributed by atoms with Crippen LogP contribution in [-0.4, -0.2) is 24.5 Å². The van der Waals surface area contributed by atoms with E-state index in [1.807, 2.05) is 18.2 Å². The average molecular weight is 283 g/mol. The van der Waals surface area contributed by atoms with Gasteiger partial charge in [-0.1, -0.05) is 6.07 Å². The van der Waals surface area contributed by atoms with Gasteiger partial charge in [-0.3, -0.25) is 4.79 Å². The Labute approximate surface area is 123 Å². The number of pyridine rings is 1. The van der Waals surface area contributed by atoms with Crippen molar-refractivity contribution in [3.63, 3.8) is 0 Å². The van der Waals surface area contributed by atoms with Crippen LogP contribution in [0.4, 0.5) is 11.4 Å². The Hall–Kier alpha value is -2.56. The first-order chi connectivity index (χ1) is 10.3. The van der Waals surface area contributed by atoms with E-state index in [9.17, 15) is 4.79 Å². The molecule has 2 N–H and O–H groups in total. The van der Waals surface area contributed by atoms with Crippen LogP contribution in [0.3, 0.4) is 0 Å². The third kappa shape index (κ3) is 2.81. The summed E-state index contributed by atoms with van der Waals surface area (Å²) in [6.45, 7) is 0.959. The maximum Gasteiger partial charge on any atom is 0.256 e. The van der Waals surface area contributed by atoms with E-state index < -0.39 is 0 Å². The van der Waals surface area contributed by atoms with Crippen LogP contribution in [0.5, 0.6) is 5.88 Å². The van der Waals surface area contributed by atoms with Gasteiger partial charge in [0.15, 0.2) is 0 Å². The molecule has 1 aromatic carbocycles. The Morgan fingerprint density at radius 3 is 3.00 bits per heavy atom. The highest BCUT2D eigenvalue weighted by molar-refractivity contribution is 6.06. The second kappa shape index (κ2) is 5.83. The van der Waals surface area contributed by atoms with Gasteiger partial charge in [-0.25, -0.2) is 4.98 Å². The predicted molar refractivity (Wildman–Crippen MR) is 82.0 cm³/mol. The van der Waals surface area contributed by atoms with E-state index >= 15 is 0 Å². The highest BCUT2D eigenvalue weighted by Gasteiger charge is 2.17. The number of carbonyl (C=O) groups is 1. The van der Waals surface area contributed by atoms with Gasteiger partial charge in [-0.05, 0) is 36.6 Å². The topological polar surface area (TPSA) is 63.2 Å². The summed E-state index contributed by atoms with van der Waals surface area (Å²) in [6, 6.07) is 9.27. The quantitative estimate of drug-likeness (QED) is 0.909. The van der Waals surface area contributed by atoms with Crippen molar-refractivity contribution < 1.29 is 9.53 Å². The summed E-state index contributed by atoms with van der Waals surface area (Å²) in [5, 5.41) is 6.20. The van der Waals surface area contributed by atoms with E-state index in [1.165, 1.54) is 0 Å². The maximum atomic E-state index is 12.4. The van der Waals surface area contributed by atoms with Crippen LogP contribution >= 0.6 is 0 Å². The number of aromatic nitrogens is 1. The Morgan fingerprint density at radius 1 is 1.33 bits per heavy atom. The molecule has 0 unspecified atom stereocenters. The molecule has 0 aliphatic carbocycles. The average Bonchev–Trinajstić information content (AvgIpc) is 2.55. The van der Waals surface area contributed by atoms with Crippen molar-refractivity contribution in [2.45, 2.75) is 12.8 Å². The molecule has 0 fully saturated rings. The smallest absolute Gasteiger partial charge is 0.256 e. The summed E-state index contributed by atoms with van der Waals surface area (Å²) >= 11 is 0. The van der Waals surface area contributed by atoms with Gasteiger partial charge in [-0.2, -0.15) is 0 Å². The molecule has 108 valence electrons. The highest BCUT2D eigenvalue weighted by atomic mass is 16.5. The lowest BCUT2D eigenvalue weighted by Gasteiger charge is -2.20. The molecule has 2 heterocycles. The first-order valence-electron chi connectivity index (χ1n) is 6.95. The summed E-state index contributed by atoms with van der Waals surface area (Å²) in [5.41, 5.74) is 3.52. The molecule has 1 amide bonds. The number of amides is 1. The lowest BCUT2D eigenvalue weighted by molar-refractivity contribution is 0.102. The van der Waals surface area contributed by atoms with Crippen LogP contribution in [0.2, 0.25) is 0 Å². The van der Waals surface area contributed by atoms with Crippen LogP contribution < -0.4 is 15.4 Å². The van der Waals surface area contributed by atoms with Gasteiger partial charge in [0.2, 0.25) is 5.88 Å². The normalized spacial score (nSPS) is 13.0. The molecule has 0 radical (unpaired) electrons. The third-order valence-corrected chi connectivity index (χ3v) is 3.54. The number of hydrogen-bond donors (Lipinski definition) is 2. The molecular formula is C16H17N3O2. The van der Waals surface area contributed by atoms with Gasteiger partial charge in [0.1, 0.15) is 0 Å². The lowest BCUT2D eigenvalue weighted by atomic mass is 9.97. The summed E-state index contributed by atoms with van der Waals surface area (Å²) < 4.78 is 5.00. The van der Waals surface area contributed by atoms with Gasteiger partial charge < -0.3 is 15.4 Å². The molecule has 0 spiro atoms. The van der Waals surface area contributed by atoms with E-state index in [1.54, 1.807) is 25.4 Å². The van der Waals surface area contributed by atoms with Crippen molar-refractivity contribution >= 4 is 17.3 Å². The number of ether oxygens (including phenoxy) is 1. The summed E-state index contributed by atoms with van der Waals surface area (Å²) in [6.07, 6.45) is 3.55. The second-order valence-corrected chi connectivity index (χ2v) is 4.91. The fourth-order valence-electron chi connectivity index (χ4n) is 2.50. The minimum absolute atomic E-state index is 0.109. The zero-order valence-corrected chi connectivity index (χ0v) is 11.8. The number of nitrogens with zero attached hydrogens (tertiary/aromatic N) is 1. The Morgan fingerprint density at radius 2 is 2.24 bits per heavy atom. The fourth-order valence-corrected chi connectivity index (χ4v) is 2.50. The van der Waals surface area contributed by atoms with Crippen LogP contribution in [0.15, 0.2) is 36.5 Å². The van der Waals surface area contributed by atoms with Crippen LogP contribution in [-0.2, 0) is 6.42 Å². The molecule has 5 nitrogen and oxygen atoms in total. The predicted octanol–water partition coefficient (Wildman–Crippen LogP) is 2.70. The first kappa shape index (κ1) is 13.4. The molecule has 21 heavy (non-hydrogen) atoms. The number of benzene rings is 1. The first-order valence-corrected chi connectivity index (χ1v) is 6.95. The summed E-state index contributed by atoms with van der Waals surface area (Å²) in [7, 11) is 1.56. The molecule has 1 aromatic heterocycles. The fraction of sp³-hybridized carbons (Fsp3) is 0.250. The van der Waals surface area contributed by atoms with Gasteiger partial charge in [0.05, 0.1) is 19.0 Å². The van der Waals surface area contributed by atoms with E-state index in [0.29, 0.717) is 11.6 Å². The Balaban J connectivity index is 1.82. The molecular weight excluding hydrogens is 266 g/mol. The van der Waals surface area contributed by atoms with Crippen molar-refractivity contribution in [1.29, 1.82) is 0 Å². The van der Waals surface area contributed by atoms with E-state index in [4.69, 9.17) is 4.74 Å². The van der Waals surface area contributed by atoms with Gasteiger partial charge in [0.25, 0.3) is 5.91 Å². The molecule has 0 bridgehead atoms. The molecule has 1 aliphatic heterocycles. The summed E-state index contributed by atoms with van der Waals surface area (Å²) in [4.78, 5) is 16.5. The van der Waals surface area contributed by atoms with Crippen molar-refractivity contribution in [1.82, 2.24) is 4.98 Å². The molecule has 0 saturated heterocycles. The highest BCUT2D eigenvalue weighted by Crippen LogP contribution is 2.26. The van der Waals surface area contributed by atoms with Gasteiger partial charge in [-0.15, -0.1) is 0 Å². The molecule has 0 saturated carbocycles. The molecule has 3 rings (SSSR count). The van der Waals surface area contributed by atoms with E-state index in [-0.39, 0.29) is 5.91 Å². The lowest BCUT2D eigenvalue weighted by Crippen LogP contribution is -2.19. The van der Waals surface area contributed by atoms with Crippen molar-refractivity contribution in [2.75, 3.05) is 24.3 Å². The number of fused-ring (bicyclic) bond motifs is 1. The standard InChI is InChI=1S/C16H17N3O2/c1-21-15-8-7-11(10-18-15)19-16(20)13-4-2-6-14-12(13)5-3-9-17-14/h2,4,6-8,10,17H,3,5,9H2,1H3,(H,19,20). The Kier molecular flexibility index (Phi) is 3.73. The zero-order valence-electron chi connectivity index (χ0n) is 11.8. The number of carbonyl (C=O) groups excluding carboxylic acids is 1. The number of hydrogen-bond acceptors (Lipinski definition) is 4. The van der Waals surface area contributed by atoms with Crippen LogP contribution in [0.1, 0.15) is 22.3 Å². The van der Waals surface area contributed by atoms with Gasteiger partial charge in [0, 0.05) is 23.9 Å². The largest absolute Gasteiger partial charge is 0.481 e. The molecule has 2 aromatic rings. The number of anilines is 2. The Bertz CT molecular complexity index is 653. The molecule has 5 heteroatoms. The third-order valence-electron chi connectivity index (χ3n) is 3.54. The van der Waals surface area contributed by atoms with Crippen molar-refractivity contribution in [3.8, 4) is 5.88 Å². The maximum absolute atomic E-state index is 12.4. The van der Waals surface area contributed by atoms with Crippen LogP contribution in [0.25, 0.3) is 0 Å². The van der Waals surface area contributed by atoms with Gasteiger partial charge >= 0.3 is 0 Å². The number of rotatable bonds is 3. The van der Waals surface area contributed by atoms with Crippen molar-refractivity contribution in [3.05, 3.63) is 47.7 Å². The minimum atomic E-state index is -0.109. The van der Waals surface area contributed by atoms with Crippen LogP contribution in [0, 0.1) is 0 Å². The molecule has 1 aliphatic rings. The van der Waals surface area contributed by atoms with E-state index in [2.05, 4.69) is 15.6 Å². The number of nitrogens with one attached hydrogen (secondary N) is 2. The van der Waals surface area contributed by atoms with Crippen molar-refractivity contribution in [2.24, 2.45) is 0 Å². The monoisotopic (exact) mass is 283 g/mol. The second-order valence-electron chi connectivity index (χ2n) is 4.91. The zero-order chi connectivity index (χ0) is 14.7.